The Bertz CT molecular complexity index is 590. The van der Waals surface area contributed by atoms with Crippen LogP contribution in [0.15, 0.2) is 23.1 Å². The average Bonchev–Trinajstić information content (AvgIpc) is 2.37. The summed E-state index contributed by atoms with van der Waals surface area (Å²) in [7, 11) is -2.22. The van der Waals surface area contributed by atoms with Gasteiger partial charge in [0, 0.05) is 12.1 Å². The van der Waals surface area contributed by atoms with Gasteiger partial charge in [-0.1, -0.05) is 25.4 Å². The molecule has 1 aromatic rings. The highest BCUT2D eigenvalue weighted by Gasteiger charge is 2.30. The van der Waals surface area contributed by atoms with Crippen LogP contribution in [-0.2, 0) is 10.0 Å². The summed E-state index contributed by atoms with van der Waals surface area (Å²) in [6, 6.07) is 4.35. The van der Waals surface area contributed by atoms with Gasteiger partial charge in [-0.25, -0.2) is 13.1 Å². The van der Waals surface area contributed by atoms with Gasteiger partial charge in [-0.05, 0) is 37.5 Å². The predicted molar refractivity (Wildman–Crippen MR) is 85.2 cm³/mol. The fraction of sp³-hybridized carbons (Fsp3) is 0.571. The summed E-state index contributed by atoms with van der Waals surface area (Å²) in [5.41, 5.74) is 5.05. The summed E-state index contributed by atoms with van der Waals surface area (Å²) in [6.45, 7) is 6.06. The molecule has 0 aliphatic carbocycles. The molecule has 0 radical (unpaired) electrons. The van der Waals surface area contributed by atoms with E-state index in [1.165, 1.54) is 25.3 Å². The first kappa shape index (κ1) is 18.2. The summed E-state index contributed by atoms with van der Waals surface area (Å²) in [5, 5.41) is 0.249. The molecule has 0 heterocycles. The normalized spacial score (nSPS) is 15.0. The molecule has 3 N–H and O–H groups in total. The fourth-order valence-corrected chi connectivity index (χ4v) is 4.04. The topological polar surface area (TPSA) is 81.4 Å². The van der Waals surface area contributed by atoms with Gasteiger partial charge in [0.1, 0.15) is 5.75 Å². The Labute approximate surface area is 131 Å². The Hall–Kier alpha value is -0.820. The summed E-state index contributed by atoms with van der Waals surface area (Å²) in [6.07, 6.45) is 0.645. The van der Waals surface area contributed by atoms with E-state index in [9.17, 15) is 8.42 Å². The van der Waals surface area contributed by atoms with Crippen LogP contribution in [0.2, 0.25) is 5.02 Å². The monoisotopic (exact) mass is 334 g/mol. The maximum atomic E-state index is 12.5. The zero-order valence-electron chi connectivity index (χ0n) is 12.8. The van der Waals surface area contributed by atoms with Gasteiger partial charge in [0.2, 0.25) is 10.0 Å². The van der Waals surface area contributed by atoms with E-state index in [2.05, 4.69) is 4.72 Å². The zero-order chi connectivity index (χ0) is 16.3. The van der Waals surface area contributed by atoms with Crippen molar-refractivity contribution >= 4 is 21.6 Å². The molecule has 120 valence electrons. The van der Waals surface area contributed by atoms with Crippen molar-refractivity contribution < 1.29 is 13.2 Å². The molecule has 1 aromatic carbocycles. The number of nitrogens with one attached hydrogen (secondary N) is 1. The average molecular weight is 335 g/mol. The molecule has 0 spiro atoms. The molecule has 0 amide bonds. The molecule has 0 fully saturated rings. The van der Waals surface area contributed by atoms with Crippen LogP contribution in [0.3, 0.4) is 0 Å². The van der Waals surface area contributed by atoms with E-state index in [4.69, 9.17) is 22.1 Å². The standard InChI is InChI=1S/C14H23ClN2O3S/c1-10(2)8-14(3,9-16)17-21(18,19)11-5-6-13(20-4)12(15)7-11/h5-7,10,17H,8-9,16H2,1-4H3. The largest absolute Gasteiger partial charge is 0.495 e. The number of sulfonamides is 1. The van der Waals surface area contributed by atoms with Crippen LogP contribution in [0, 0.1) is 5.92 Å². The first-order valence-electron chi connectivity index (χ1n) is 6.71. The van der Waals surface area contributed by atoms with Gasteiger partial charge in [-0.3, -0.25) is 0 Å². The van der Waals surface area contributed by atoms with Gasteiger partial charge in [0.15, 0.2) is 0 Å². The van der Waals surface area contributed by atoms with Crippen molar-refractivity contribution in [3.05, 3.63) is 23.2 Å². The smallest absolute Gasteiger partial charge is 0.241 e. The van der Waals surface area contributed by atoms with Crippen LogP contribution < -0.4 is 15.2 Å². The molecule has 0 aliphatic rings. The lowest BCUT2D eigenvalue weighted by atomic mass is 9.92. The number of halogens is 1. The molecule has 21 heavy (non-hydrogen) atoms. The van der Waals surface area contributed by atoms with Crippen molar-refractivity contribution in [3.8, 4) is 5.75 Å². The molecule has 7 heteroatoms. The van der Waals surface area contributed by atoms with E-state index >= 15 is 0 Å². The lowest BCUT2D eigenvalue weighted by Gasteiger charge is -2.30. The van der Waals surface area contributed by atoms with E-state index in [0.29, 0.717) is 18.1 Å². The summed E-state index contributed by atoms with van der Waals surface area (Å²) in [5.74, 6) is 0.750. The Morgan fingerprint density at radius 2 is 2.05 bits per heavy atom. The molecule has 0 aliphatic heterocycles. The third-order valence-electron chi connectivity index (χ3n) is 3.12. The quantitative estimate of drug-likeness (QED) is 0.802. The Balaban J connectivity index is 3.08. The number of hydrogen-bond acceptors (Lipinski definition) is 4. The van der Waals surface area contributed by atoms with Crippen molar-refractivity contribution in [1.82, 2.24) is 4.72 Å². The van der Waals surface area contributed by atoms with Gasteiger partial charge in [-0.15, -0.1) is 0 Å². The predicted octanol–water partition coefficient (Wildman–Crippen LogP) is 2.39. The molecule has 0 saturated heterocycles. The highest BCUT2D eigenvalue weighted by molar-refractivity contribution is 7.89. The minimum Gasteiger partial charge on any atom is -0.495 e. The van der Waals surface area contributed by atoms with Gasteiger partial charge in [-0.2, -0.15) is 0 Å². The number of rotatable bonds is 7. The highest BCUT2D eigenvalue weighted by atomic mass is 35.5. The molecule has 0 bridgehead atoms. The highest BCUT2D eigenvalue weighted by Crippen LogP contribution is 2.28. The lowest BCUT2D eigenvalue weighted by Crippen LogP contribution is -2.51. The van der Waals surface area contributed by atoms with Crippen LogP contribution in [-0.4, -0.2) is 27.6 Å². The third kappa shape index (κ3) is 4.85. The number of benzene rings is 1. The second-order valence-corrected chi connectivity index (χ2v) is 7.85. The Morgan fingerprint density at radius 3 is 2.48 bits per heavy atom. The van der Waals surface area contributed by atoms with E-state index in [-0.39, 0.29) is 16.5 Å². The van der Waals surface area contributed by atoms with Crippen molar-refractivity contribution in [1.29, 1.82) is 0 Å². The number of methoxy groups -OCH3 is 1. The Kier molecular flexibility index (Phi) is 6.04. The first-order valence-corrected chi connectivity index (χ1v) is 8.57. The second kappa shape index (κ2) is 6.96. The minimum absolute atomic E-state index is 0.0942. The van der Waals surface area contributed by atoms with Gasteiger partial charge >= 0.3 is 0 Å². The van der Waals surface area contributed by atoms with Crippen LogP contribution >= 0.6 is 11.6 Å². The van der Waals surface area contributed by atoms with Crippen molar-refractivity contribution in [3.63, 3.8) is 0 Å². The number of hydrogen-bond donors (Lipinski definition) is 2. The third-order valence-corrected chi connectivity index (χ3v) is 5.06. The maximum absolute atomic E-state index is 12.5. The van der Waals surface area contributed by atoms with Crippen LogP contribution in [0.5, 0.6) is 5.75 Å². The van der Waals surface area contributed by atoms with Crippen molar-refractivity contribution in [2.45, 2.75) is 37.6 Å². The van der Waals surface area contributed by atoms with Crippen LogP contribution in [0.1, 0.15) is 27.2 Å². The maximum Gasteiger partial charge on any atom is 0.241 e. The molecule has 1 unspecified atom stereocenters. The van der Waals surface area contributed by atoms with Gasteiger partial charge < -0.3 is 10.5 Å². The minimum atomic E-state index is -3.69. The van der Waals surface area contributed by atoms with E-state index < -0.39 is 15.6 Å². The van der Waals surface area contributed by atoms with Crippen molar-refractivity contribution in [2.75, 3.05) is 13.7 Å². The first-order chi connectivity index (χ1) is 9.63. The Morgan fingerprint density at radius 1 is 1.43 bits per heavy atom. The molecule has 5 nitrogen and oxygen atoms in total. The second-order valence-electron chi connectivity index (χ2n) is 5.76. The van der Waals surface area contributed by atoms with Gasteiger partial charge in [0.25, 0.3) is 0 Å². The summed E-state index contributed by atoms with van der Waals surface area (Å²) in [4.78, 5) is 0.0942. The molecule has 0 aromatic heterocycles. The number of nitrogens with two attached hydrogens (primary N) is 1. The SMILES string of the molecule is COc1ccc(S(=O)(=O)NC(C)(CN)CC(C)C)cc1Cl. The lowest BCUT2D eigenvalue weighted by molar-refractivity contribution is 0.344. The van der Waals surface area contributed by atoms with Crippen molar-refractivity contribution in [2.24, 2.45) is 11.7 Å². The molecular weight excluding hydrogens is 312 g/mol. The molecule has 1 rings (SSSR count). The van der Waals surface area contributed by atoms with E-state index in [0.717, 1.165) is 0 Å². The van der Waals surface area contributed by atoms with Crippen LogP contribution in [0.4, 0.5) is 0 Å². The molecular formula is C14H23ClN2O3S. The van der Waals surface area contributed by atoms with E-state index in [1.807, 2.05) is 13.8 Å². The van der Waals surface area contributed by atoms with E-state index in [1.54, 1.807) is 6.92 Å². The zero-order valence-corrected chi connectivity index (χ0v) is 14.4. The molecule has 1 atom stereocenters. The van der Waals surface area contributed by atoms with Gasteiger partial charge in [0.05, 0.1) is 17.0 Å². The van der Waals surface area contributed by atoms with Crippen LogP contribution in [0.25, 0.3) is 0 Å². The summed E-state index contributed by atoms with van der Waals surface area (Å²) >= 11 is 5.98. The summed E-state index contributed by atoms with van der Waals surface area (Å²) < 4.78 is 32.6. The fourth-order valence-electron chi connectivity index (χ4n) is 2.27. The number of ether oxygens (including phenoxy) is 1. The molecule has 0 saturated carbocycles.